The molecule has 0 radical (unpaired) electrons. The van der Waals surface area contributed by atoms with Crippen LogP contribution in [-0.4, -0.2) is 40.9 Å². The first kappa shape index (κ1) is 23.0. The van der Waals surface area contributed by atoms with E-state index in [2.05, 4.69) is 39.9 Å². The molecule has 1 heterocycles. The summed E-state index contributed by atoms with van der Waals surface area (Å²) in [5.41, 5.74) is 3.70. The molecule has 1 saturated carbocycles. The van der Waals surface area contributed by atoms with Crippen LogP contribution in [0.3, 0.4) is 0 Å². The number of hydrogen-bond donors (Lipinski definition) is 5. The molecule has 3 aromatic rings. The molecule has 1 aliphatic rings. The Morgan fingerprint density at radius 2 is 1.81 bits per heavy atom. The van der Waals surface area contributed by atoms with Gasteiger partial charge in [0, 0.05) is 18.2 Å². The fraction of sp³-hybridized carbons (Fsp3) is 0.480. The van der Waals surface area contributed by atoms with E-state index >= 15 is 0 Å². The lowest BCUT2D eigenvalue weighted by Crippen LogP contribution is -2.32. The summed E-state index contributed by atoms with van der Waals surface area (Å²) >= 11 is 1.01. The molecule has 32 heavy (non-hydrogen) atoms. The zero-order valence-corrected chi connectivity index (χ0v) is 19.2. The maximum absolute atomic E-state index is 11.7. The Kier molecular flexibility index (Phi) is 7.97. The summed E-state index contributed by atoms with van der Waals surface area (Å²) in [6, 6.07) is 12.6. The predicted molar refractivity (Wildman–Crippen MR) is 131 cm³/mol. The van der Waals surface area contributed by atoms with E-state index in [1.54, 1.807) is 6.07 Å². The Morgan fingerprint density at radius 1 is 1.06 bits per heavy atom. The third kappa shape index (κ3) is 5.98. The van der Waals surface area contributed by atoms with E-state index in [4.69, 9.17) is 0 Å². The Bertz CT molecular complexity index is 1070. The maximum atomic E-state index is 11.7. The van der Waals surface area contributed by atoms with Gasteiger partial charge >= 0.3 is 4.87 Å². The number of H-pyrrole nitrogens is 1. The number of thiazole rings is 1. The van der Waals surface area contributed by atoms with Gasteiger partial charge in [0.05, 0.1) is 10.8 Å². The minimum atomic E-state index is -0.748. The molecule has 1 atom stereocenters. The molecular weight excluding hydrogens is 422 g/mol. The molecule has 1 fully saturated rings. The van der Waals surface area contributed by atoms with Crippen molar-refractivity contribution in [1.29, 1.82) is 0 Å². The van der Waals surface area contributed by atoms with Crippen molar-refractivity contribution in [2.75, 3.05) is 19.6 Å². The van der Waals surface area contributed by atoms with Crippen LogP contribution in [0.4, 0.5) is 0 Å². The smallest absolute Gasteiger partial charge is 0.305 e. The van der Waals surface area contributed by atoms with Crippen LogP contribution < -0.4 is 15.5 Å². The van der Waals surface area contributed by atoms with Crippen LogP contribution in [-0.2, 0) is 12.8 Å². The van der Waals surface area contributed by atoms with Crippen molar-refractivity contribution in [1.82, 2.24) is 15.6 Å². The number of benzene rings is 2. The number of nitrogens with one attached hydrogen (secondary N) is 3. The molecule has 0 amide bonds. The molecular formula is C25H33N3O3S. The topological polar surface area (TPSA) is 97.4 Å². The number of hydrogen-bond acceptors (Lipinski definition) is 6. The van der Waals surface area contributed by atoms with E-state index in [1.165, 1.54) is 49.3 Å². The van der Waals surface area contributed by atoms with Crippen LogP contribution in [0.5, 0.6) is 5.75 Å². The van der Waals surface area contributed by atoms with E-state index in [0.717, 1.165) is 37.3 Å². The highest BCUT2D eigenvalue weighted by atomic mass is 32.1. The van der Waals surface area contributed by atoms with E-state index in [1.807, 2.05) is 0 Å². The number of aromatic nitrogens is 1. The van der Waals surface area contributed by atoms with Crippen LogP contribution in [0.2, 0.25) is 0 Å². The van der Waals surface area contributed by atoms with Crippen molar-refractivity contribution in [3.8, 4) is 5.75 Å². The van der Waals surface area contributed by atoms with Crippen LogP contribution in [0.1, 0.15) is 54.9 Å². The largest absolute Gasteiger partial charge is 0.506 e. The summed E-state index contributed by atoms with van der Waals surface area (Å²) in [6.45, 7) is 2.17. The lowest BCUT2D eigenvalue weighted by Gasteiger charge is -2.22. The maximum Gasteiger partial charge on any atom is 0.305 e. The predicted octanol–water partition coefficient (Wildman–Crippen LogP) is 3.63. The first-order chi connectivity index (χ1) is 15.6. The average molecular weight is 456 g/mol. The average Bonchev–Trinajstić information content (AvgIpc) is 3.20. The molecule has 1 aromatic heterocycles. The molecule has 0 bridgehead atoms. The van der Waals surface area contributed by atoms with Crippen molar-refractivity contribution in [3.63, 3.8) is 0 Å². The SMILES string of the molecule is O=c1[nH]c2c(O)ccc(C(O)CNCCc3cccc(CCNC4CCCCC4)c3)c2s1. The van der Waals surface area contributed by atoms with Gasteiger partial charge in [0.1, 0.15) is 11.3 Å². The van der Waals surface area contributed by atoms with Crippen LogP contribution in [0.15, 0.2) is 41.2 Å². The van der Waals surface area contributed by atoms with Gasteiger partial charge in [0.2, 0.25) is 0 Å². The third-order valence-corrected chi connectivity index (χ3v) is 7.25. The number of aromatic hydroxyl groups is 1. The fourth-order valence-electron chi connectivity index (χ4n) is 4.55. The van der Waals surface area contributed by atoms with Gasteiger partial charge in [-0.1, -0.05) is 60.9 Å². The molecule has 1 unspecified atom stereocenters. The number of rotatable bonds is 10. The van der Waals surface area contributed by atoms with Crippen molar-refractivity contribution in [2.45, 2.75) is 57.1 Å². The van der Waals surface area contributed by atoms with E-state index in [9.17, 15) is 15.0 Å². The van der Waals surface area contributed by atoms with Crippen molar-refractivity contribution >= 4 is 21.6 Å². The van der Waals surface area contributed by atoms with Gasteiger partial charge in [0.15, 0.2) is 0 Å². The first-order valence-corrected chi connectivity index (χ1v) is 12.5. The Hall–Kier alpha value is -2.19. The summed E-state index contributed by atoms with van der Waals surface area (Å²) in [6.07, 6.45) is 7.92. The molecule has 7 heteroatoms. The lowest BCUT2D eigenvalue weighted by atomic mass is 9.95. The van der Waals surface area contributed by atoms with Crippen molar-refractivity contribution in [3.05, 3.63) is 62.8 Å². The molecule has 2 aromatic carbocycles. The van der Waals surface area contributed by atoms with Gasteiger partial charge in [-0.25, -0.2) is 0 Å². The summed E-state index contributed by atoms with van der Waals surface area (Å²) < 4.78 is 0.610. The molecule has 5 N–H and O–H groups in total. The highest BCUT2D eigenvalue weighted by Gasteiger charge is 2.16. The lowest BCUT2D eigenvalue weighted by molar-refractivity contribution is 0.176. The number of aliphatic hydroxyl groups excluding tert-OH is 1. The van der Waals surface area contributed by atoms with E-state index < -0.39 is 6.10 Å². The summed E-state index contributed by atoms with van der Waals surface area (Å²) in [4.78, 5) is 14.0. The van der Waals surface area contributed by atoms with Crippen LogP contribution in [0, 0.1) is 0 Å². The third-order valence-electron chi connectivity index (χ3n) is 6.32. The number of phenols is 1. The second-order valence-electron chi connectivity index (χ2n) is 8.72. The number of aliphatic hydroxyl groups is 1. The van der Waals surface area contributed by atoms with Crippen molar-refractivity contribution < 1.29 is 10.2 Å². The molecule has 0 spiro atoms. The van der Waals surface area contributed by atoms with Gasteiger partial charge in [-0.05, 0) is 56.0 Å². The Balaban J connectivity index is 1.23. The monoisotopic (exact) mass is 455 g/mol. The van der Waals surface area contributed by atoms with Crippen molar-refractivity contribution in [2.24, 2.45) is 0 Å². The highest BCUT2D eigenvalue weighted by molar-refractivity contribution is 7.16. The summed E-state index contributed by atoms with van der Waals surface area (Å²) in [5.74, 6) is 0.0241. The van der Waals surface area contributed by atoms with E-state index in [0.29, 0.717) is 28.4 Å². The quantitative estimate of drug-likeness (QED) is 0.301. The molecule has 6 nitrogen and oxygen atoms in total. The van der Waals surface area contributed by atoms with Gasteiger partial charge in [-0.3, -0.25) is 4.79 Å². The molecule has 0 aliphatic heterocycles. The molecule has 172 valence electrons. The minimum absolute atomic E-state index is 0.0241. The standard InChI is InChI=1S/C25H33N3O3S/c29-21-10-9-20(24-23(21)28-25(31)32-24)22(30)16-26-13-11-17-5-4-6-18(15-17)12-14-27-19-7-2-1-3-8-19/h4-6,9-10,15,19,22,26-27,29-30H,1-3,7-8,11-14,16H2,(H,28,31). The number of aromatic amines is 1. The molecule has 0 saturated heterocycles. The van der Waals surface area contributed by atoms with Crippen LogP contribution in [0.25, 0.3) is 10.2 Å². The second-order valence-corrected chi connectivity index (χ2v) is 9.70. The zero-order chi connectivity index (χ0) is 22.3. The second kappa shape index (κ2) is 11.1. The number of fused-ring (bicyclic) bond motifs is 1. The van der Waals surface area contributed by atoms with Gasteiger partial charge in [0.25, 0.3) is 0 Å². The fourth-order valence-corrected chi connectivity index (χ4v) is 5.47. The Morgan fingerprint density at radius 3 is 2.59 bits per heavy atom. The van der Waals surface area contributed by atoms with Crippen LogP contribution >= 0.6 is 11.3 Å². The normalized spacial score (nSPS) is 15.9. The van der Waals surface area contributed by atoms with Gasteiger partial charge in [-0.2, -0.15) is 0 Å². The zero-order valence-electron chi connectivity index (χ0n) is 18.4. The summed E-state index contributed by atoms with van der Waals surface area (Å²) in [5, 5.41) is 27.5. The summed E-state index contributed by atoms with van der Waals surface area (Å²) in [7, 11) is 0. The van der Waals surface area contributed by atoms with E-state index in [-0.39, 0.29) is 10.6 Å². The Labute approximate surface area is 192 Å². The molecule has 4 rings (SSSR count). The van der Waals surface area contributed by atoms with Gasteiger partial charge < -0.3 is 25.8 Å². The minimum Gasteiger partial charge on any atom is -0.506 e. The number of phenolic OH excluding ortho intramolecular Hbond substituents is 1. The highest BCUT2D eigenvalue weighted by Crippen LogP contribution is 2.31. The first-order valence-electron chi connectivity index (χ1n) is 11.6. The molecule has 1 aliphatic carbocycles. The van der Waals surface area contributed by atoms with Gasteiger partial charge in [-0.15, -0.1) is 0 Å².